The van der Waals surface area contributed by atoms with E-state index in [1.165, 1.54) is 0 Å². The average molecular weight is 275 g/mol. The third-order valence-corrected chi connectivity index (χ3v) is 3.11. The normalized spacial score (nSPS) is 12.6. The summed E-state index contributed by atoms with van der Waals surface area (Å²) in [4.78, 5) is 15.0. The lowest BCUT2D eigenvalue weighted by Crippen LogP contribution is -2.22. The molecule has 0 aromatic carbocycles. The molecule has 2 aromatic rings. The van der Waals surface area contributed by atoms with Crippen LogP contribution in [0.15, 0.2) is 24.5 Å². The SMILES string of the molecule is CC(C)C(CC(=O)O)n1nnnc1Cc1cccnc1. The zero-order valence-electron chi connectivity index (χ0n) is 11.5. The van der Waals surface area contributed by atoms with Gasteiger partial charge in [0.2, 0.25) is 0 Å². The number of carboxylic acid groups (broad SMARTS) is 1. The molecule has 0 aliphatic heterocycles. The number of nitrogens with zero attached hydrogens (tertiary/aromatic N) is 5. The van der Waals surface area contributed by atoms with Crippen LogP contribution in [-0.2, 0) is 11.2 Å². The summed E-state index contributed by atoms with van der Waals surface area (Å²) in [5.41, 5.74) is 0.987. The Kier molecular flexibility index (Phi) is 4.39. The first kappa shape index (κ1) is 14.1. The quantitative estimate of drug-likeness (QED) is 0.854. The van der Waals surface area contributed by atoms with E-state index in [0.717, 1.165) is 5.56 Å². The second-order valence-electron chi connectivity index (χ2n) is 4.99. The van der Waals surface area contributed by atoms with Gasteiger partial charge in [0, 0.05) is 18.8 Å². The highest BCUT2D eigenvalue weighted by atomic mass is 16.4. The van der Waals surface area contributed by atoms with Crippen molar-refractivity contribution in [2.45, 2.75) is 32.7 Å². The standard InChI is InChI=1S/C13H17N5O2/c1-9(2)11(7-13(19)20)18-12(15-16-17-18)6-10-4-3-5-14-8-10/h3-5,8-9,11H,6-7H2,1-2H3,(H,19,20). The van der Waals surface area contributed by atoms with Gasteiger partial charge in [-0.05, 0) is 28.0 Å². The van der Waals surface area contributed by atoms with Crippen molar-refractivity contribution in [1.82, 2.24) is 25.2 Å². The maximum Gasteiger partial charge on any atom is 0.305 e. The van der Waals surface area contributed by atoms with Crippen LogP contribution in [0.2, 0.25) is 0 Å². The summed E-state index contributed by atoms with van der Waals surface area (Å²) in [5.74, 6) is -0.0771. The number of tetrazole rings is 1. The van der Waals surface area contributed by atoms with Gasteiger partial charge in [-0.1, -0.05) is 19.9 Å². The van der Waals surface area contributed by atoms with Gasteiger partial charge in [0.25, 0.3) is 0 Å². The monoisotopic (exact) mass is 275 g/mol. The van der Waals surface area contributed by atoms with E-state index in [0.29, 0.717) is 12.2 Å². The molecule has 20 heavy (non-hydrogen) atoms. The zero-order chi connectivity index (χ0) is 14.5. The molecule has 2 rings (SSSR count). The van der Waals surface area contributed by atoms with Crippen LogP contribution in [0.25, 0.3) is 0 Å². The molecule has 2 aromatic heterocycles. The Balaban J connectivity index is 2.24. The van der Waals surface area contributed by atoms with E-state index in [1.54, 1.807) is 17.1 Å². The molecule has 7 heteroatoms. The third kappa shape index (κ3) is 3.37. The van der Waals surface area contributed by atoms with Gasteiger partial charge in [0.05, 0.1) is 12.5 Å². The number of carbonyl (C=O) groups is 1. The van der Waals surface area contributed by atoms with Gasteiger partial charge in [-0.25, -0.2) is 4.68 Å². The molecular weight excluding hydrogens is 258 g/mol. The van der Waals surface area contributed by atoms with Crippen LogP contribution in [0.3, 0.4) is 0 Å². The lowest BCUT2D eigenvalue weighted by atomic mass is 10.0. The molecule has 0 saturated carbocycles. The second-order valence-corrected chi connectivity index (χ2v) is 4.99. The summed E-state index contributed by atoms with van der Waals surface area (Å²) in [6.45, 7) is 3.92. The van der Waals surface area contributed by atoms with Gasteiger partial charge in [-0.2, -0.15) is 0 Å². The van der Waals surface area contributed by atoms with Crippen LogP contribution in [0.4, 0.5) is 0 Å². The number of carboxylic acids is 1. The summed E-state index contributed by atoms with van der Waals surface area (Å²) in [5, 5.41) is 20.7. The van der Waals surface area contributed by atoms with Crippen LogP contribution in [0.1, 0.15) is 37.7 Å². The fourth-order valence-corrected chi connectivity index (χ4v) is 2.06. The van der Waals surface area contributed by atoms with Gasteiger partial charge in [-0.3, -0.25) is 9.78 Å². The van der Waals surface area contributed by atoms with Crippen molar-refractivity contribution < 1.29 is 9.90 Å². The Bertz CT molecular complexity index is 567. The third-order valence-electron chi connectivity index (χ3n) is 3.11. The Morgan fingerprint density at radius 1 is 1.45 bits per heavy atom. The summed E-state index contributed by atoms with van der Waals surface area (Å²) in [6, 6.07) is 3.53. The maximum atomic E-state index is 11.0. The maximum absolute atomic E-state index is 11.0. The minimum Gasteiger partial charge on any atom is -0.481 e. The van der Waals surface area contributed by atoms with E-state index in [4.69, 9.17) is 5.11 Å². The van der Waals surface area contributed by atoms with E-state index in [1.807, 2.05) is 26.0 Å². The Morgan fingerprint density at radius 3 is 2.85 bits per heavy atom. The van der Waals surface area contributed by atoms with E-state index in [-0.39, 0.29) is 18.4 Å². The number of pyridine rings is 1. The van der Waals surface area contributed by atoms with E-state index < -0.39 is 5.97 Å². The van der Waals surface area contributed by atoms with Crippen molar-refractivity contribution in [2.75, 3.05) is 0 Å². The molecule has 1 unspecified atom stereocenters. The molecule has 1 atom stereocenters. The highest BCUT2D eigenvalue weighted by Gasteiger charge is 2.23. The van der Waals surface area contributed by atoms with Gasteiger partial charge < -0.3 is 5.11 Å². The summed E-state index contributed by atoms with van der Waals surface area (Å²) in [7, 11) is 0. The van der Waals surface area contributed by atoms with E-state index in [2.05, 4.69) is 20.5 Å². The van der Waals surface area contributed by atoms with Gasteiger partial charge >= 0.3 is 5.97 Å². The molecule has 0 radical (unpaired) electrons. The van der Waals surface area contributed by atoms with Crippen molar-refractivity contribution in [3.63, 3.8) is 0 Å². The first-order valence-electron chi connectivity index (χ1n) is 6.45. The minimum atomic E-state index is -0.855. The highest BCUT2D eigenvalue weighted by Crippen LogP contribution is 2.22. The zero-order valence-corrected chi connectivity index (χ0v) is 11.5. The fourth-order valence-electron chi connectivity index (χ4n) is 2.06. The lowest BCUT2D eigenvalue weighted by molar-refractivity contribution is -0.138. The number of hydrogen-bond acceptors (Lipinski definition) is 5. The Hall–Kier alpha value is -2.31. The van der Waals surface area contributed by atoms with Gasteiger partial charge in [0.15, 0.2) is 5.82 Å². The van der Waals surface area contributed by atoms with Crippen LogP contribution in [-0.4, -0.2) is 36.3 Å². The summed E-state index contributed by atoms with van der Waals surface area (Å²) < 4.78 is 1.62. The van der Waals surface area contributed by atoms with Gasteiger partial charge in [-0.15, -0.1) is 5.10 Å². The molecule has 0 aliphatic rings. The largest absolute Gasteiger partial charge is 0.481 e. The van der Waals surface area contributed by atoms with Crippen LogP contribution in [0, 0.1) is 5.92 Å². The Labute approximate surface area is 116 Å². The van der Waals surface area contributed by atoms with Crippen molar-refractivity contribution >= 4 is 5.97 Å². The van der Waals surface area contributed by atoms with Crippen molar-refractivity contribution in [2.24, 2.45) is 5.92 Å². The fraction of sp³-hybridized carbons (Fsp3) is 0.462. The molecule has 2 heterocycles. The Morgan fingerprint density at radius 2 is 2.25 bits per heavy atom. The van der Waals surface area contributed by atoms with Crippen LogP contribution in [0.5, 0.6) is 0 Å². The minimum absolute atomic E-state index is 0.00272. The topological polar surface area (TPSA) is 93.8 Å². The highest BCUT2D eigenvalue weighted by molar-refractivity contribution is 5.67. The van der Waals surface area contributed by atoms with E-state index >= 15 is 0 Å². The molecule has 0 saturated heterocycles. The molecule has 7 nitrogen and oxygen atoms in total. The molecule has 0 fully saturated rings. The number of aliphatic carboxylic acids is 1. The van der Waals surface area contributed by atoms with E-state index in [9.17, 15) is 4.79 Å². The molecule has 1 N–H and O–H groups in total. The lowest BCUT2D eigenvalue weighted by Gasteiger charge is -2.20. The molecule has 0 bridgehead atoms. The molecule has 106 valence electrons. The molecule has 0 aliphatic carbocycles. The first-order valence-corrected chi connectivity index (χ1v) is 6.45. The molecule has 0 spiro atoms. The number of rotatable bonds is 6. The molecular formula is C13H17N5O2. The number of aromatic nitrogens is 5. The van der Waals surface area contributed by atoms with Crippen molar-refractivity contribution in [1.29, 1.82) is 0 Å². The summed E-state index contributed by atoms with van der Waals surface area (Å²) >= 11 is 0. The first-order chi connectivity index (χ1) is 9.58. The predicted molar refractivity (Wildman–Crippen MR) is 71.0 cm³/mol. The smallest absolute Gasteiger partial charge is 0.305 e. The molecule has 0 amide bonds. The van der Waals surface area contributed by atoms with Crippen molar-refractivity contribution in [3.05, 3.63) is 35.9 Å². The van der Waals surface area contributed by atoms with Crippen LogP contribution >= 0.6 is 0 Å². The average Bonchev–Trinajstić information content (AvgIpc) is 2.84. The van der Waals surface area contributed by atoms with Crippen LogP contribution < -0.4 is 0 Å². The van der Waals surface area contributed by atoms with Gasteiger partial charge in [0.1, 0.15) is 0 Å². The second kappa shape index (κ2) is 6.23. The summed E-state index contributed by atoms with van der Waals surface area (Å²) in [6.07, 6.45) is 3.99. The number of hydrogen-bond donors (Lipinski definition) is 1. The predicted octanol–water partition coefficient (Wildman–Crippen LogP) is 1.33. The van der Waals surface area contributed by atoms with Crippen molar-refractivity contribution in [3.8, 4) is 0 Å².